The summed E-state index contributed by atoms with van der Waals surface area (Å²) in [6.07, 6.45) is 5.27. The Bertz CT molecular complexity index is 242. The highest BCUT2D eigenvalue weighted by Gasteiger charge is 2.27. The molecule has 0 heterocycles. The van der Waals surface area contributed by atoms with Crippen LogP contribution in [0, 0.1) is 5.41 Å². The average Bonchev–Trinajstić information content (AvgIpc) is 2.74. The summed E-state index contributed by atoms with van der Waals surface area (Å²) in [7, 11) is 0. The topological polar surface area (TPSA) is 64.4 Å². The number of hydrogen-bond donors (Lipinski definition) is 2. The lowest BCUT2D eigenvalue weighted by molar-refractivity contribution is -0.124. The van der Waals surface area contributed by atoms with Gasteiger partial charge in [-0.2, -0.15) is 0 Å². The largest absolute Gasteiger partial charge is 0.376 e. The van der Waals surface area contributed by atoms with Crippen molar-refractivity contribution in [1.82, 2.24) is 5.32 Å². The van der Waals surface area contributed by atoms with Gasteiger partial charge in [0.1, 0.15) is 0 Å². The van der Waals surface area contributed by atoms with Crippen molar-refractivity contribution in [3.63, 3.8) is 0 Å². The van der Waals surface area contributed by atoms with Gasteiger partial charge in [-0.1, -0.05) is 33.6 Å². The fourth-order valence-corrected chi connectivity index (χ4v) is 1.96. The Labute approximate surface area is 104 Å². The minimum atomic E-state index is -0.464. The Morgan fingerprint density at radius 1 is 1.41 bits per heavy atom. The molecule has 4 heteroatoms. The molecule has 100 valence electrons. The van der Waals surface area contributed by atoms with Gasteiger partial charge in [-0.25, -0.2) is 0 Å². The Morgan fingerprint density at radius 3 is 2.53 bits per heavy atom. The lowest BCUT2D eigenvalue weighted by Crippen LogP contribution is -2.49. The van der Waals surface area contributed by atoms with E-state index in [-0.39, 0.29) is 11.3 Å². The molecule has 1 amide bonds. The zero-order valence-corrected chi connectivity index (χ0v) is 11.3. The van der Waals surface area contributed by atoms with Gasteiger partial charge in [-0.3, -0.25) is 4.79 Å². The highest BCUT2D eigenvalue weighted by Crippen LogP contribution is 2.20. The fourth-order valence-electron chi connectivity index (χ4n) is 1.96. The second-order valence-electron chi connectivity index (χ2n) is 5.91. The molecular formula is C13H26N2O2. The lowest BCUT2D eigenvalue weighted by Gasteiger charge is -2.25. The predicted octanol–water partition coefficient (Wildman–Crippen LogP) is 1.44. The van der Waals surface area contributed by atoms with Crippen LogP contribution in [-0.2, 0) is 9.53 Å². The van der Waals surface area contributed by atoms with Gasteiger partial charge in [-0.15, -0.1) is 0 Å². The number of hydrogen-bond acceptors (Lipinski definition) is 3. The number of amides is 1. The molecule has 1 saturated carbocycles. The van der Waals surface area contributed by atoms with E-state index in [0.29, 0.717) is 19.3 Å². The molecule has 1 aliphatic carbocycles. The van der Waals surface area contributed by atoms with Crippen LogP contribution in [0.3, 0.4) is 0 Å². The molecule has 1 fully saturated rings. The van der Waals surface area contributed by atoms with Crippen LogP contribution in [0.5, 0.6) is 0 Å². The average molecular weight is 242 g/mol. The van der Waals surface area contributed by atoms with Gasteiger partial charge >= 0.3 is 0 Å². The van der Waals surface area contributed by atoms with Crippen molar-refractivity contribution in [3.05, 3.63) is 0 Å². The number of carbonyl (C=O) groups is 1. The summed E-state index contributed by atoms with van der Waals surface area (Å²) in [5.74, 6) is -0.0903. The van der Waals surface area contributed by atoms with Gasteiger partial charge in [0.05, 0.1) is 18.8 Å². The molecular weight excluding hydrogens is 216 g/mol. The van der Waals surface area contributed by atoms with Crippen LogP contribution in [0.4, 0.5) is 0 Å². The maximum absolute atomic E-state index is 11.7. The molecule has 0 saturated heterocycles. The van der Waals surface area contributed by atoms with Crippen molar-refractivity contribution in [2.24, 2.45) is 11.1 Å². The van der Waals surface area contributed by atoms with Crippen molar-refractivity contribution in [3.8, 4) is 0 Å². The second kappa shape index (κ2) is 6.36. The van der Waals surface area contributed by atoms with E-state index < -0.39 is 6.04 Å². The zero-order chi connectivity index (χ0) is 12.9. The zero-order valence-electron chi connectivity index (χ0n) is 11.3. The van der Waals surface area contributed by atoms with Gasteiger partial charge in [0.2, 0.25) is 5.91 Å². The summed E-state index contributed by atoms with van der Waals surface area (Å²) >= 11 is 0. The van der Waals surface area contributed by atoms with Crippen LogP contribution in [0.25, 0.3) is 0 Å². The van der Waals surface area contributed by atoms with E-state index in [1.807, 2.05) is 20.8 Å². The van der Waals surface area contributed by atoms with Gasteiger partial charge in [0.15, 0.2) is 0 Å². The summed E-state index contributed by atoms with van der Waals surface area (Å²) in [4.78, 5) is 11.7. The van der Waals surface area contributed by atoms with E-state index in [2.05, 4.69) is 5.32 Å². The van der Waals surface area contributed by atoms with E-state index >= 15 is 0 Å². The molecule has 1 aliphatic rings. The number of nitrogens with two attached hydrogens (primary N) is 1. The summed E-state index contributed by atoms with van der Waals surface area (Å²) in [6.45, 7) is 7.04. The van der Waals surface area contributed by atoms with Crippen LogP contribution in [0.15, 0.2) is 0 Å². The molecule has 1 unspecified atom stereocenters. The monoisotopic (exact) mass is 242 g/mol. The molecule has 0 aromatic rings. The quantitative estimate of drug-likeness (QED) is 0.717. The number of rotatable bonds is 5. The molecule has 0 aromatic carbocycles. The molecule has 0 bridgehead atoms. The van der Waals surface area contributed by atoms with E-state index in [1.165, 1.54) is 12.8 Å². The van der Waals surface area contributed by atoms with Crippen LogP contribution in [-0.4, -0.2) is 31.2 Å². The third-order valence-electron chi connectivity index (χ3n) is 3.27. The minimum absolute atomic E-state index is 0.0903. The Balaban J connectivity index is 2.11. The maximum atomic E-state index is 11.7. The van der Waals surface area contributed by atoms with Crippen LogP contribution < -0.4 is 11.1 Å². The predicted molar refractivity (Wildman–Crippen MR) is 68.6 cm³/mol. The van der Waals surface area contributed by atoms with Crippen LogP contribution >= 0.6 is 0 Å². The molecule has 0 radical (unpaired) electrons. The van der Waals surface area contributed by atoms with E-state index in [4.69, 9.17) is 10.5 Å². The van der Waals surface area contributed by atoms with Crippen LogP contribution in [0.2, 0.25) is 0 Å². The van der Waals surface area contributed by atoms with Crippen LogP contribution in [0.1, 0.15) is 46.5 Å². The van der Waals surface area contributed by atoms with Crippen molar-refractivity contribution in [1.29, 1.82) is 0 Å². The molecule has 3 N–H and O–H groups in total. The van der Waals surface area contributed by atoms with E-state index in [1.54, 1.807) is 0 Å². The molecule has 17 heavy (non-hydrogen) atoms. The lowest BCUT2D eigenvalue weighted by atomic mass is 9.87. The van der Waals surface area contributed by atoms with Gasteiger partial charge in [0, 0.05) is 6.54 Å². The first kappa shape index (κ1) is 14.5. The standard InChI is InChI=1S/C13H26N2O2/c1-13(2,3)11(14)12(16)15-8-9-17-10-6-4-5-7-10/h10-11H,4-9,14H2,1-3H3,(H,15,16). The highest BCUT2D eigenvalue weighted by atomic mass is 16.5. The summed E-state index contributed by atoms with van der Waals surface area (Å²) in [5, 5.41) is 2.82. The first-order valence-corrected chi connectivity index (χ1v) is 6.56. The van der Waals surface area contributed by atoms with Crippen molar-refractivity contribution in [2.75, 3.05) is 13.2 Å². The van der Waals surface area contributed by atoms with Crippen molar-refractivity contribution in [2.45, 2.75) is 58.6 Å². The van der Waals surface area contributed by atoms with Gasteiger partial charge in [0.25, 0.3) is 0 Å². The second-order valence-corrected chi connectivity index (χ2v) is 5.91. The molecule has 4 nitrogen and oxygen atoms in total. The minimum Gasteiger partial charge on any atom is -0.376 e. The first-order chi connectivity index (χ1) is 7.91. The van der Waals surface area contributed by atoms with E-state index in [9.17, 15) is 4.79 Å². The number of carbonyl (C=O) groups excluding carboxylic acids is 1. The highest BCUT2D eigenvalue weighted by molar-refractivity contribution is 5.82. The number of ether oxygens (including phenoxy) is 1. The van der Waals surface area contributed by atoms with Crippen molar-refractivity contribution >= 4 is 5.91 Å². The Kier molecular flexibility index (Phi) is 5.40. The van der Waals surface area contributed by atoms with Crippen molar-refractivity contribution < 1.29 is 9.53 Å². The first-order valence-electron chi connectivity index (χ1n) is 6.56. The molecule has 0 aromatic heterocycles. The third-order valence-corrected chi connectivity index (χ3v) is 3.27. The smallest absolute Gasteiger partial charge is 0.237 e. The summed E-state index contributed by atoms with van der Waals surface area (Å²) in [5.41, 5.74) is 5.65. The normalized spacial score (nSPS) is 19.3. The third kappa shape index (κ3) is 5.04. The van der Waals surface area contributed by atoms with Gasteiger partial charge < -0.3 is 15.8 Å². The SMILES string of the molecule is CC(C)(C)C(N)C(=O)NCCOC1CCCC1. The maximum Gasteiger partial charge on any atom is 0.237 e. The number of nitrogens with one attached hydrogen (secondary N) is 1. The summed E-state index contributed by atoms with van der Waals surface area (Å²) < 4.78 is 5.66. The Morgan fingerprint density at radius 2 is 2.00 bits per heavy atom. The molecule has 0 spiro atoms. The van der Waals surface area contributed by atoms with Gasteiger partial charge in [-0.05, 0) is 18.3 Å². The van der Waals surface area contributed by atoms with E-state index in [0.717, 1.165) is 12.8 Å². The summed E-state index contributed by atoms with van der Waals surface area (Å²) in [6, 6.07) is -0.464. The molecule has 1 atom stereocenters. The fraction of sp³-hybridized carbons (Fsp3) is 0.923. The molecule has 0 aliphatic heterocycles. The molecule has 1 rings (SSSR count). The Hall–Kier alpha value is -0.610.